The Balaban J connectivity index is 1.76. The van der Waals surface area contributed by atoms with Crippen molar-refractivity contribution in [3.63, 3.8) is 0 Å². The van der Waals surface area contributed by atoms with Gasteiger partial charge in [0.05, 0.1) is 18.2 Å². The lowest BCUT2D eigenvalue weighted by molar-refractivity contribution is -0.137. The summed E-state index contributed by atoms with van der Waals surface area (Å²) in [5.41, 5.74) is 2.06. The number of benzene rings is 2. The predicted molar refractivity (Wildman–Crippen MR) is 92.5 cm³/mol. The SMILES string of the molecule is O=C(O)C[C@H](NC(=O)c1ccc(-n2cccn2)cc1)c1ccccc1. The first-order valence-electron chi connectivity index (χ1n) is 7.81. The second-order valence-electron chi connectivity index (χ2n) is 5.53. The van der Waals surface area contributed by atoms with Crippen molar-refractivity contribution in [2.75, 3.05) is 0 Å². The maximum atomic E-state index is 12.5. The van der Waals surface area contributed by atoms with Gasteiger partial charge in [-0.1, -0.05) is 30.3 Å². The fraction of sp³-hybridized carbons (Fsp3) is 0.105. The molecule has 0 aliphatic carbocycles. The van der Waals surface area contributed by atoms with E-state index in [1.807, 2.05) is 30.5 Å². The third-order valence-corrected chi connectivity index (χ3v) is 3.78. The van der Waals surface area contributed by atoms with Gasteiger partial charge in [0.25, 0.3) is 5.91 Å². The molecular weight excluding hydrogens is 318 g/mol. The van der Waals surface area contributed by atoms with Gasteiger partial charge in [-0.05, 0) is 35.9 Å². The van der Waals surface area contributed by atoms with Crippen LogP contribution in [0.4, 0.5) is 0 Å². The predicted octanol–water partition coefficient (Wildman–Crippen LogP) is 2.82. The minimum Gasteiger partial charge on any atom is -0.481 e. The number of aliphatic carboxylic acids is 1. The van der Waals surface area contributed by atoms with Crippen molar-refractivity contribution >= 4 is 11.9 Å². The molecule has 0 fully saturated rings. The minimum atomic E-state index is -0.969. The Morgan fingerprint density at radius 1 is 1.04 bits per heavy atom. The molecular formula is C19H17N3O3. The van der Waals surface area contributed by atoms with Crippen molar-refractivity contribution in [1.82, 2.24) is 15.1 Å². The average molecular weight is 335 g/mol. The Kier molecular flexibility index (Phi) is 4.89. The smallest absolute Gasteiger partial charge is 0.305 e. The monoisotopic (exact) mass is 335 g/mol. The van der Waals surface area contributed by atoms with Crippen LogP contribution in [0.2, 0.25) is 0 Å². The summed E-state index contributed by atoms with van der Waals surface area (Å²) in [6, 6.07) is 17.3. The van der Waals surface area contributed by atoms with Crippen molar-refractivity contribution in [3.8, 4) is 5.69 Å². The van der Waals surface area contributed by atoms with E-state index in [0.717, 1.165) is 11.3 Å². The topological polar surface area (TPSA) is 84.2 Å². The van der Waals surface area contributed by atoms with Crippen molar-refractivity contribution in [1.29, 1.82) is 0 Å². The van der Waals surface area contributed by atoms with Crippen molar-refractivity contribution in [2.45, 2.75) is 12.5 Å². The molecule has 0 aliphatic heterocycles. The molecule has 6 nitrogen and oxygen atoms in total. The number of nitrogens with one attached hydrogen (secondary N) is 1. The molecule has 0 saturated heterocycles. The first kappa shape index (κ1) is 16.4. The maximum Gasteiger partial charge on any atom is 0.305 e. The fourth-order valence-corrected chi connectivity index (χ4v) is 2.54. The van der Waals surface area contributed by atoms with E-state index in [2.05, 4.69) is 10.4 Å². The van der Waals surface area contributed by atoms with Crippen molar-refractivity contribution in [3.05, 3.63) is 84.2 Å². The van der Waals surface area contributed by atoms with Gasteiger partial charge in [0.15, 0.2) is 0 Å². The molecule has 1 atom stereocenters. The normalized spacial score (nSPS) is 11.7. The van der Waals surface area contributed by atoms with Crippen molar-refractivity contribution < 1.29 is 14.7 Å². The summed E-state index contributed by atoms with van der Waals surface area (Å²) in [7, 11) is 0. The average Bonchev–Trinajstić information content (AvgIpc) is 3.16. The highest BCUT2D eigenvalue weighted by atomic mass is 16.4. The molecule has 2 aromatic carbocycles. The number of carbonyl (C=O) groups is 2. The van der Waals surface area contributed by atoms with Crippen LogP contribution in [-0.2, 0) is 4.79 Å². The molecule has 0 radical (unpaired) electrons. The molecule has 2 N–H and O–H groups in total. The van der Waals surface area contributed by atoms with Gasteiger partial charge in [0, 0.05) is 18.0 Å². The highest BCUT2D eigenvalue weighted by molar-refractivity contribution is 5.94. The summed E-state index contributed by atoms with van der Waals surface area (Å²) in [5, 5.41) is 16.0. The van der Waals surface area contributed by atoms with E-state index in [9.17, 15) is 9.59 Å². The summed E-state index contributed by atoms with van der Waals surface area (Å²) in [6.07, 6.45) is 3.31. The Morgan fingerprint density at radius 2 is 1.76 bits per heavy atom. The summed E-state index contributed by atoms with van der Waals surface area (Å²) in [4.78, 5) is 23.6. The number of aromatic nitrogens is 2. The van der Waals surface area contributed by atoms with E-state index >= 15 is 0 Å². The zero-order valence-electron chi connectivity index (χ0n) is 13.4. The van der Waals surface area contributed by atoms with Crippen LogP contribution < -0.4 is 5.32 Å². The highest BCUT2D eigenvalue weighted by Crippen LogP contribution is 2.18. The molecule has 6 heteroatoms. The summed E-state index contributed by atoms with van der Waals surface area (Å²) >= 11 is 0. The summed E-state index contributed by atoms with van der Waals surface area (Å²) in [6.45, 7) is 0. The number of carbonyl (C=O) groups excluding carboxylic acids is 1. The second-order valence-corrected chi connectivity index (χ2v) is 5.53. The molecule has 1 aromatic heterocycles. The van der Waals surface area contributed by atoms with Gasteiger partial charge in [-0.15, -0.1) is 0 Å². The number of carboxylic acids is 1. The lowest BCUT2D eigenvalue weighted by Gasteiger charge is -2.17. The molecule has 1 heterocycles. The zero-order valence-corrected chi connectivity index (χ0v) is 13.4. The van der Waals surface area contributed by atoms with E-state index in [-0.39, 0.29) is 12.3 Å². The number of carboxylic acid groups (broad SMARTS) is 1. The Bertz CT molecular complexity index is 843. The molecule has 0 spiro atoms. The quantitative estimate of drug-likeness (QED) is 0.725. The molecule has 25 heavy (non-hydrogen) atoms. The van der Waals surface area contributed by atoms with Crippen LogP contribution >= 0.6 is 0 Å². The van der Waals surface area contributed by atoms with Gasteiger partial charge in [-0.3, -0.25) is 9.59 Å². The van der Waals surface area contributed by atoms with Crippen LogP contribution in [0.1, 0.15) is 28.4 Å². The van der Waals surface area contributed by atoms with Crippen LogP contribution in [0.5, 0.6) is 0 Å². The van der Waals surface area contributed by atoms with E-state index in [1.54, 1.807) is 47.3 Å². The largest absolute Gasteiger partial charge is 0.481 e. The van der Waals surface area contributed by atoms with Gasteiger partial charge in [0.2, 0.25) is 0 Å². The molecule has 0 unspecified atom stereocenters. The Labute approximate surface area is 144 Å². The third-order valence-electron chi connectivity index (χ3n) is 3.78. The number of rotatable bonds is 6. The molecule has 0 saturated carbocycles. The van der Waals surface area contributed by atoms with E-state index in [0.29, 0.717) is 5.56 Å². The number of nitrogens with zero attached hydrogens (tertiary/aromatic N) is 2. The van der Waals surface area contributed by atoms with Gasteiger partial charge < -0.3 is 10.4 Å². The van der Waals surface area contributed by atoms with E-state index in [1.165, 1.54) is 0 Å². The van der Waals surface area contributed by atoms with Crippen LogP contribution in [0.15, 0.2) is 73.1 Å². The maximum absolute atomic E-state index is 12.5. The van der Waals surface area contributed by atoms with Gasteiger partial charge >= 0.3 is 5.97 Å². The number of hydrogen-bond acceptors (Lipinski definition) is 3. The first-order chi connectivity index (χ1) is 12.1. The molecule has 3 aromatic rings. The lowest BCUT2D eigenvalue weighted by Crippen LogP contribution is -2.30. The third kappa shape index (κ3) is 4.11. The zero-order chi connectivity index (χ0) is 17.6. The van der Waals surface area contributed by atoms with Gasteiger partial charge in [0.1, 0.15) is 0 Å². The van der Waals surface area contributed by atoms with Crippen LogP contribution in [0.25, 0.3) is 5.69 Å². The summed E-state index contributed by atoms with van der Waals surface area (Å²) < 4.78 is 1.69. The van der Waals surface area contributed by atoms with Gasteiger partial charge in [-0.2, -0.15) is 5.10 Å². The van der Waals surface area contributed by atoms with Crippen LogP contribution in [-0.4, -0.2) is 26.8 Å². The summed E-state index contributed by atoms with van der Waals surface area (Å²) in [5.74, 6) is -1.29. The molecule has 126 valence electrons. The van der Waals surface area contributed by atoms with Crippen LogP contribution in [0.3, 0.4) is 0 Å². The van der Waals surface area contributed by atoms with E-state index in [4.69, 9.17) is 5.11 Å². The van der Waals surface area contributed by atoms with Crippen molar-refractivity contribution in [2.24, 2.45) is 0 Å². The van der Waals surface area contributed by atoms with E-state index < -0.39 is 12.0 Å². The standard InChI is InChI=1S/C19H17N3O3/c23-18(24)13-17(14-5-2-1-3-6-14)21-19(25)15-7-9-16(10-8-15)22-12-4-11-20-22/h1-12,17H,13H2,(H,21,25)(H,23,24)/t17-/m0/s1. The fourth-order valence-electron chi connectivity index (χ4n) is 2.54. The minimum absolute atomic E-state index is 0.179. The number of amides is 1. The van der Waals surface area contributed by atoms with Crippen LogP contribution in [0, 0.1) is 0 Å². The highest BCUT2D eigenvalue weighted by Gasteiger charge is 2.18. The molecule has 0 aliphatic rings. The number of hydrogen-bond donors (Lipinski definition) is 2. The Morgan fingerprint density at radius 3 is 2.36 bits per heavy atom. The van der Waals surface area contributed by atoms with Gasteiger partial charge in [-0.25, -0.2) is 4.68 Å². The molecule has 3 rings (SSSR count). The molecule has 0 bridgehead atoms. The lowest BCUT2D eigenvalue weighted by atomic mass is 10.0. The Hall–Kier alpha value is -3.41. The first-order valence-corrected chi connectivity index (χ1v) is 7.81. The second kappa shape index (κ2) is 7.44. The molecule has 1 amide bonds.